The normalized spacial score (nSPS) is 16.2. The lowest BCUT2D eigenvalue weighted by atomic mass is 9.89. The van der Waals surface area contributed by atoms with Crippen LogP contribution in [-0.2, 0) is 11.6 Å². The van der Waals surface area contributed by atoms with Crippen molar-refractivity contribution in [2.24, 2.45) is 0 Å². The number of alkyl halides is 3. The number of H-pyrrole nitrogens is 1. The number of fused-ring (bicyclic) bond motifs is 1. The Balaban J connectivity index is 1.73. The SMILES string of the molecule is Cc1[nH]c2c(-c3ccccc3)c(C(F)(F)F)nn2c(=O)c1-c1nnc(C2(C)CCCC2)o1. The Bertz CT molecular complexity index is 1360. The summed E-state index contributed by atoms with van der Waals surface area (Å²) in [5, 5.41) is 11.8. The second-order valence-electron chi connectivity index (χ2n) is 8.46. The Morgan fingerprint density at radius 1 is 1.09 bits per heavy atom. The first-order valence-electron chi connectivity index (χ1n) is 10.3. The van der Waals surface area contributed by atoms with Gasteiger partial charge in [0.2, 0.25) is 5.89 Å². The number of aromatic nitrogens is 5. The molecule has 0 saturated heterocycles. The Morgan fingerprint density at radius 2 is 1.78 bits per heavy atom. The standard InChI is InChI=1S/C22H20F3N5O2/c1-12-14(18-27-28-20(32-18)21(2)10-6-7-11-21)19(31)30-17(26-12)15(13-8-4-3-5-9-13)16(29-30)22(23,24)25/h3-5,8-9,26H,6-7,10-11H2,1-2H3. The predicted molar refractivity (Wildman–Crippen MR) is 110 cm³/mol. The van der Waals surface area contributed by atoms with Crippen LogP contribution in [0.3, 0.4) is 0 Å². The molecule has 1 N–H and O–H groups in total. The Hall–Kier alpha value is -3.43. The lowest BCUT2D eigenvalue weighted by Crippen LogP contribution is -2.20. The van der Waals surface area contributed by atoms with Crippen LogP contribution in [0.2, 0.25) is 0 Å². The topological polar surface area (TPSA) is 89.1 Å². The molecule has 3 heterocycles. The van der Waals surface area contributed by atoms with E-state index in [2.05, 4.69) is 20.3 Å². The summed E-state index contributed by atoms with van der Waals surface area (Å²) in [5.74, 6) is 0.407. The van der Waals surface area contributed by atoms with Gasteiger partial charge in [-0.1, -0.05) is 50.1 Å². The minimum atomic E-state index is -4.75. The van der Waals surface area contributed by atoms with Crippen LogP contribution >= 0.6 is 0 Å². The molecular formula is C22H20F3N5O2. The molecular weight excluding hydrogens is 423 g/mol. The van der Waals surface area contributed by atoms with Crippen LogP contribution in [0.1, 0.15) is 49.9 Å². The number of rotatable bonds is 3. The number of hydrogen-bond acceptors (Lipinski definition) is 5. The molecule has 0 bridgehead atoms. The monoisotopic (exact) mass is 443 g/mol. The third kappa shape index (κ3) is 3.12. The third-order valence-corrected chi connectivity index (χ3v) is 6.17. The van der Waals surface area contributed by atoms with E-state index in [1.165, 1.54) is 0 Å². The molecule has 32 heavy (non-hydrogen) atoms. The molecule has 1 fully saturated rings. The molecule has 1 saturated carbocycles. The van der Waals surface area contributed by atoms with Crippen molar-refractivity contribution in [1.29, 1.82) is 0 Å². The molecule has 1 aliphatic rings. The van der Waals surface area contributed by atoms with Gasteiger partial charge in [0, 0.05) is 11.1 Å². The number of aromatic amines is 1. The van der Waals surface area contributed by atoms with Crippen molar-refractivity contribution < 1.29 is 17.6 Å². The quantitative estimate of drug-likeness (QED) is 0.487. The van der Waals surface area contributed by atoms with Crippen molar-refractivity contribution in [2.75, 3.05) is 0 Å². The number of benzene rings is 1. The molecule has 7 nitrogen and oxygen atoms in total. The molecule has 166 valence electrons. The largest absolute Gasteiger partial charge is 0.435 e. The molecule has 0 aliphatic heterocycles. The summed E-state index contributed by atoms with van der Waals surface area (Å²) in [6.45, 7) is 3.62. The van der Waals surface area contributed by atoms with Crippen molar-refractivity contribution in [1.82, 2.24) is 24.8 Å². The highest BCUT2D eigenvalue weighted by molar-refractivity contribution is 5.81. The van der Waals surface area contributed by atoms with E-state index in [1.807, 2.05) is 6.92 Å². The van der Waals surface area contributed by atoms with Crippen molar-refractivity contribution in [2.45, 2.75) is 51.1 Å². The van der Waals surface area contributed by atoms with E-state index in [0.29, 0.717) is 17.1 Å². The highest BCUT2D eigenvalue weighted by Crippen LogP contribution is 2.41. The molecule has 1 aromatic carbocycles. The summed E-state index contributed by atoms with van der Waals surface area (Å²) in [6.07, 6.45) is -0.847. The summed E-state index contributed by atoms with van der Waals surface area (Å²) in [5.41, 5.74) is -1.76. The number of nitrogens with one attached hydrogen (secondary N) is 1. The molecule has 0 atom stereocenters. The zero-order valence-electron chi connectivity index (χ0n) is 17.5. The van der Waals surface area contributed by atoms with Crippen molar-refractivity contribution >= 4 is 5.65 Å². The van der Waals surface area contributed by atoms with Gasteiger partial charge in [-0.25, -0.2) is 0 Å². The van der Waals surface area contributed by atoms with E-state index in [9.17, 15) is 18.0 Å². The fourth-order valence-electron chi connectivity index (χ4n) is 4.45. The average molecular weight is 443 g/mol. The van der Waals surface area contributed by atoms with E-state index in [-0.39, 0.29) is 28.1 Å². The first-order valence-corrected chi connectivity index (χ1v) is 10.3. The number of hydrogen-bond donors (Lipinski definition) is 1. The smallest absolute Gasteiger partial charge is 0.420 e. The molecule has 10 heteroatoms. The first kappa shape index (κ1) is 20.5. The number of nitrogens with zero attached hydrogens (tertiary/aromatic N) is 4. The molecule has 0 amide bonds. The Labute approximate surface area is 180 Å². The molecule has 5 rings (SSSR count). The van der Waals surface area contributed by atoms with Gasteiger partial charge in [0.25, 0.3) is 11.4 Å². The summed E-state index contributed by atoms with van der Waals surface area (Å²) in [4.78, 5) is 16.2. The average Bonchev–Trinajstić information content (AvgIpc) is 3.47. The van der Waals surface area contributed by atoms with Crippen LogP contribution in [-0.4, -0.2) is 24.8 Å². The van der Waals surface area contributed by atoms with E-state index in [0.717, 1.165) is 30.2 Å². The number of aryl methyl sites for hydroxylation is 1. The van der Waals surface area contributed by atoms with Gasteiger partial charge < -0.3 is 9.40 Å². The van der Waals surface area contributed by atoms with Crippen LogP contribution in [0.4, 0.5) is 13.2 Å². The van der Waals surface area contributed by atoms with E-state index < -0.39 is 17.4 Å². The van der Waals surface area contributed by atoms with Gasteiger partial charge in [0.15, 0.2) is 5.69 Å². The summed E-state index contributed by atoms with van der Waals surface area (Å²) < 4.78 is 48.0. The zero-order chi connectivity index (χ0) is 22.7. The van der Waals surface area contributed by atoms with Crippen LogP contribution in [0, 0.1) is 6.92 Å². The van der Waals surface area contributed by atoms with E-state index in [4.69, 9.17) is 4.42 Å². The maximum absolute atomic E-state index is 13.8. The van der Waals surface area contributed by atoms with Gasteiger partial charge in [0.1, 0.15) is 11.2 Å². The van der Waals surface area contributed by atoms with E-state index in [1.54, 1.807) is 37.3 Å². The van der Waals surface area contributed by atoms with Gasteiger partial charge in [0.05, 0.1) is 5.56 Å². The maximum atomic E-state index is 13.8. The Kier molecular flexibility index (Phi) is 4.51. The minimum Gasteiger partial charge on any atom is -0.420 e. The summed E-state index contributed by atoms with van der Waals surface area (Å²) >= 11 is 0. The molecule has 4 aromatic rings. The van der Waals surface area contributed by atoms with E-state index >= 15 is 0 Å². The van der Waals surface area contributed by atoms with Crippen LogP contribution in [0.15, 0.2) is 39.5 Å². The Morgan fingerprint density at radius 3 is 2.44 bits per heavy atom. The van der Waals surface area contributed by atoms with Gasteiger partial charge in [-0.05, 0) is 25.3 Å². The van der Waals surface area contributed by atoms with Gasteiger partial charge >= 0.3 is 6.18 Å². The maximum Gasteiger partial charge on any atom is 0.435 e. The molecule has 3 aromatic heterocycles. The highest BCUT2D eigenvalue weighted by Gasteiger charge is 2.40. The second-order valence-corrected chi connectivity index (χ2v) is 8.46. The van der Waals surface area contributed by atoms with Gasteiger partial charge in [-0.3, -0.25) is 4.79 Å². The zero-order valence-corrected chi connectivity index (χ0v) is 17.5. The van der Waals surface area contributed by atoms with Gasteiger partial charge in [-0.15, -0.1) is 10.2 Å². The summed E-state index contributed by atoms with van der Waals surface area (Å²) in [7, 11) is 0. The summed E-state index contributed by atoms with van der Waals surface area (Å²) in [6, 6.07) is 8.04. The lowest BCUT2D eigenvalue weighted by molar-refractivity contribution is -0.140. The van der Waals surface area contributed by atoms with Crippen LogP contribution < -0.4 is 5.56 Å². The third-order valence-electron chi connectivity index (χ3n) is 6.17. The highest BCUT2D eigenvalue weighted by atomic mass is 19.4. The van der Waals surface area contributed by atoms with Crippen molar-refractivity contribution in [3.05, 3.63) is 58.0 Å². The second kappa shape index (κ2) is 7.04. The van der Waals surface area contributed by atoms with Crippen LogP contribution in [0.5, 0.6) is 0 Å². The van der Waals surface area contributed by atoms with Crippen molar-refractivity contribution in [3.8, 4) is 22.6 Å². The van der Waals surface area contributed by atoms with Crippen LogP contribution in [0.25, 0.3) is 28.2 Å². The fraction of sp³-hybridized carbons (Fsp3) is 0.364. The lowest BCUT2D eigenvalue weighted by Gasteiger charge is -2.17. The van der Waals surface area contributed by atoms with Gasteiger partial charge in [-0.2, -0.15) is 22.8 Å². The first-order chi connectivity index (χ1) is 15.2. The van der Waals surface area contributed by atoms with Crippen molar-refractivity contribution in [3.63, 3.8) is 0 Å². The minimum absolute atomic E-state index is 0.00804. The predicted octanol–water partition coefficient (Wildman–Crippen LogP) is 4.90. The molecule has 0 spiro atoms. The number of halogens is 3. The molecule has 0 unspecified atom stereocenters. The fourth-order valence-corrected chi connectivity index (χ4v) is 4.45. The molecule has 0 radical (unpaired) electrons. The molecule has 1 aliphatic carbocycles.